The fourth-order valence-corrected chi connectivity index (χ4v) is 4.05. The first-order chi connectivity index (χ1) is 17.9. The molecule has 4 aromatic rings. The summed E-state index contributed by atoms with van der Waals surface area (Å²) in [6, 6.07) is 20.6. The Balaban J connectivity index is 1.69. The topological polar surface area (TPSA) is 27.7 Å². The van der Waals surface area contributed by atoms with Crippen molar-refractivity contribution < 1.29 is 40.6 Å². The van der Waals surface area contributed by atoms with Crippen LogP contribution in [0.5, 0.6) is 28.7 Å². The summed E-state index contributed by atoms with van der Waals surface area (Å²) < 4.78 is 103. The first-order valence-corrected chi connectivity index (χ1v) is 11.3. The molecule has 0 aliphatic rings. The van der Waals surface area contributed by atoms with Gasteiger partial charge in [0.2, 0.25) is 5.41 Å². The second kappa shape index (κ2) is 10.3. The molecular formula is C29H22F6O3. The number of benzene rings is 4. The number of halogens is 6. The van der Waals surface area contributed by atoms with Crippen molar-refractivity contribution >= 4 is 0 Å². The lowest BCUT2D eigenvalue weighted by molar-refractivity contribution is -0.288. The molecule has 4 aromatic carbocycles. The Morgan fingerprint density at radius 3 is 1.05 bits per heavy atom. The van der Waals surface area contributed by atoms with Crippen LogP contribution in [0.15, 0.2) is 97.1 Å². The molecule has 0 unspecified atom stereocenters. The molecular weight excluding hydrogens is 510 g/mol. The zero-order valence-electron chi connectivity index (χ0n) is 20.2. The van der Waals surface area contributed by atoms with Gasteiger partial charge in [-0.2, -0.15) is 26.3 Å². The third-order valence-electron chi connectivity index (χ3n) is 5.98. The Hall–Kier alpha value is -4.14. The van der Waals surface area contributed by atoms with Crippen molar-refractivity contribution in [2.75, 3.05) is 7.11 Å². The standard InChI is InChI=1S/C29H22F6O3/c1-19-3-9-23(10-4-19)37-24-11-5-20(6-12-24)27(28(30,31)32,29(33,34)35)21-7-13-25(14-8-21)38-26-17-15-22(36-2)16-18-26/h3-18H,1-2H3. The van der Waals surface area contributed by atoms with E-state index in [0.29, 0.717) is 17.2 Å². The van der Waals surface area contributed by atoms with E-state index in [2.05, 4.69) is 0 Å². The van der Waals surface area contributed by atoms with Gasteiger partial charge in [-0.25, -0.2) is 0 Å². The van der Waals surface area contributed by atoms with Gasteiger partial charge < -0.3 is 14.2 Å². The Kier molecular flexibility index (Phi) is 7.31. The Labute approximate surface area is 215 Å². The second-order valence-electron chi connectivity index (χ2n) is 8.49. The van der Waals surface area contributed by atoms with Gasteiger partial charge in [0.1, 0.15) is 28.7 Å². The van der Waals surface area contributed by atoms with Gasteiger partial charge in [-0.1, -0.05) is 42.0 Å². The SMILES string of the molecule is COc1ccc(Oc2ccc(C(c3ccc(Oc4ccc(C)cc4)cc3)(C(F)(F)F)C(F)(F)F)cc2)cc1. The number of hydrogen-bond acceptors (Lipinski definition) is 3. The molecule has 198 valence electrons. The predicted molar refractivity (Wildman–Crippen MR) is 130 cm³/mol. The quantitative estimate of drug-likeness (QED) is 0.222. The highest BCUT2D eigenvalue weighted by atomic mass is 19.4. The van der Waals surface area contributed by atoms with Gasteiger partial charge in [-0.15, -0.1) is 0 Å². The molecule has 0 aliphatic carbocycles. The van der Waals surface area contributed by atoms with E-state index < -0.39 is 28.9 Å². The van der Waals surface area contributed by atoms with Crippen LogP contribution in [0.25, 0.3) is 0 Å². The highest BCUT2D eigenvalue weighted by Crippen LogP contribution is 2.56. The first-order valence-electron chi connectivity index (χ1n) is 11.3. The Morgan fingerprint density at radius 1 is 0.447 bits per heavy atom. The molecule has 0 heterocycles. The summed E-state index contributed by atoms with van der Waals surface area (Å²) in [7, 11) is 1.48. The van der Waals surface area contributed by atoms with E-state index in [4.69, 9.17) is 14.2 Å². The molecule has 0 spiro atoms. The minimum absolute atomic E-state index is 0.0685. The summed E-state index contributed by atoms with van der Waals surface area (Å²) in [5.41, 5.74) is -5.29. The lowest BCUT2D eigenvalue weighted by Crippen LogP contribution is -2.54. The molecule has 0 aromatic heterocycles. The molecule has 0 bridgehead atoms. The van der Waals surface area contributed by atoms with Crippen molar-refractivity contribution in [3.63, 3.8) is 0 Å². The third kappa shape index (κ3) is 5.27. The molecule has 0 amide bonds. The number of methoxy groups -OCH3 is 1. The number of alkyl halides is 6. The lowest BCUT2D eigenvalue weighted by atomic mass is 9.73. The van der Waals surface area contributed by atoms with Crippen molar-refractivity contribution in [2.45, 2.75) is 24.7 Å². The second-order valence-corrected chi connectivity index (χ2v) is 8.49. The number of ether oxygens (including phenoxy) is 3. The van der Waals surface area contributed by atoms with Gasteiger partial charge in [0.05, 0.1) is 7.11 Å². The first kappa shape index (κ1) is 26.9. The van der Waals surface area contributed by atoms with Crippen LogP contribution < -0.4 is 14.2 Å². The molecule has 38 heavy (non-hydrogen) atoms. The van der Waals surface area contributed by atoms with Crippen LogP contribution >= 0.6 is 0 Å². The van der Waals surface area contributed by atoms with Gasteiger partial charge in [-0.3, -0.25) is 0 Å². The zero-order chi connectivity index (χ0) is 27.6. The molecule has 0 fully saturated rings. The number of rotatable bonds is 7. The normalized spacial score (nSPS) is 12.2. The van der Waals surface area contributed by atoms with Crippen LogP contribution in [0.3, 0.4) is 0 Å². The summed E-state index contributed by atoms with van der Waals surface area (Å²) in [6.45, 7) is 1.87. The van der Waals surface area contributed by atoms with Crippen LogP contribution in [0.2, 0.25) is 0 Å². The molecule has 0 radical (unpaired) electrons. The van der Waals surface area contributed by atoms with E-state index >= 15 is 0 Å². The monoisotopic (exact) mass is 532 g/mol. The van der Waals surface area contributed by atoms with Gasteiger partial charge >= 0.3 is 12.4 Å². The Morgan fingerprint density at radius 2 is 0.737 bits per heavy atom. The fraction of sp³-hybridized carbons (Fsp3) is 0.172. The van der Waals surface area contributed by atoms with Gasteiger partial charge in [0, 0.05) is 0 Å². The van der Waals surface area contributed by atoms with Crippen LogP contribution in [0.1, 0.15) is 16.7 Å². The maximum atomic E-state index is 14.5. The number of aryl methyl sites for hydroxylation is 1. The van der Waals surface area contributed by atoms with E-state index in [9.17, 15) is 26.3 Å². The summed E-state index contributed by atoms with van der Waals surface area (Å²) in [5, 5.41) is 0. The molecule has 0 N–H and O–H groups in total. The van der Waals surface area contributed by atoms with Gasteiger partial charge in [-0.05, 0) is 78.7 Å². The summed E-state index contributed by atoms with van der Waals surface area (Å²) in [4.78, 5) is 0. The average molecular weight is 532 g/mol. The van der Waals surface area contributed by atoms with E-state index in [0.717, 1.165) is 54.1 Å². The predicted octanol–water partition coefficient (Wildman–Crippen LogP) is 9.00. The van der Waals surface area contributed by atoms with Crippen molar-refractivity contribution in [1.29, 1.82) is 0 Å². The smallest absolute Gasteiger partial charge is 0.411 e. The molecule has 3 nitrogen and oxygen atoms in total. The van der Waals surface area contributed by atoms with Crippen molar-refractivity contribution in [1.82, 2.24) is 0 Å². The van der Waals surface area contributed by atoms with Crippen LogP contribution in [0.4, 0.5) is 26.3 Å². The maximum Gasteiger partial charge on any atom is 0.411 e. The molecule has 4 rings (SSSR count). The maximum absolute atomic E-state index is 14.5. The highest BCUT2D eigenvalue weighted by molar-refractivity contribution is 5.48. The third-order valence-corrected chi connectivity index (χ3v) is 5.98. The minimum atomic E-state index is -5.71. The van der Waals surface area contributed by atoms with Crippen molar-refractivity contribution in [2.24, 2.45) is 0 Å². The number of hydrogen-bond donors (Lipinski definition) is 0. The average Bonchev–Trinajstić information content (AvgIpc) is 2.87. The Bertz CT molecular complexity index is 1330. The van der Waals surface area contributed by atoms with E-state index in [1.165, 1.54) is 7.11 Å². The summed E-state index contributed by atoms with van der Waals surface area (Å²) >= 11 is 0. The van der Waals surface area contributed by atoms with Crippen molar-refractivity contribution in [3.8, 4) is 28.7 Å². The largest absolute Gasteiger partial charge is 0.497 e. The van der Waals surface area contributed by atoms with Crippen LogP contribution in [0, 0.1) is 6.92 Å². The highest BCUT2D eigenvalue weighted by Gasteiger charge is 2.72. The van der Waals surface area contributed by atoms with E-state index in [1.807, 2.05) is 6.92 Å². The van der Waals surface area contributed by atoms with E-state index in [1.54, 1.807) is 48.5 Å². The molecule has 9 heteroatoms. The molecule has 0 aliphatic heterocycles. The molecule has 0 saturated carbocycles. The van der Waals surface area contributed by atoms with Crippen LogP contribution in [-0.2, 0) is 5.41 Å². The van der Waals surface area contributed by atoms with Crippen molar-refractivity contribution in [3.05, 3.63) is 114 Å². The minimum Gasteiger partial charge on any atom is -0.497 e. The molecule has 0 saturated heterocycles. The van der Waals surface area contributed by atoms with E-state index in [-0.39, 0.29) is 11.5 Å². The van der Waals surface area contributed by atoms with Crippen LogP contribution in [-0.4, -0.2) is 19.5 Å². The summed E-state index contributed by atoms with van der Waals surface area (Å²) in [6.07, 6.45) is -11.4. The molecule has 0 atom stereocenters. The summed E-state index contributed by atoms with van der Waals surface area (Å²) in [5.74, 6) is 1.45. The lowest BCUT2D eigenvalue weighted by Gasteiger charge is -2.38. The van der Waals surface area contributed by atoms with Gasteiger partial charge in [0.15, 0.2) is 0 Å². The van der Waals surface area contributed by atoms with Gasteiger partial charge in [0.25, 0.3) is 0 Å². The zero-order valence-corrected chi connectivity index (χ0v) is 20.2. The fourth-order valence-electron chi connectivity index (χ4n) is 4.05.